The highest BCUT2D eigenvalue weighted by Gasteiger charge is 2.27. The Morgan fingerprint density at radius 2 is 2.00 bits per heavy atom. The Morgan fingerprint density at radius 3 is 2.68 bits per heavy atom. The molecule has 2 amide bonds. The van der Waals surface area contributed by atoms with Gasteiger partial charge in [-0.3, -0.25) is 14.5 Å². The molecule has 0 aliphatic carbocycles. The van der Waals surface area contributed by atoms with Crippen molar-refractivity contribution < 1.29 is 14.3 Å². The Hall–Kier alpha value is -1.92. The molecular weight excluding hydrogens is 318 g/mol. The molecule has 0 radical (unpaired) electrons. The lowest BCUT2D eigenvalue weighted by Crippen LogP contribution is -2.55. The molecule has 1 heterocycles. The van der Waals surface area contributed by atoms with E-state index in [0.717, 1.165) is 39.2 Å². The lowest BCUT2D eigenvalue weighted by molar-refractivity contribution is -0.134. The highest BCUT2D eigenvalue weighted by Crippen LogP contribution is 2.13. The molecular formula is C19H29N3O3. The van der Waals surface area contributed by atoms with E-state index in [1.165, 1.54) is 0 Å². The number of nitrogens with one attached hydrogen (secondary N) is 1. The molecule has 138 valence electrons. The van der Waals surface area contributed by atoms with Crippen molar-refractivity contribution in [3.05, 3.63) is 35.9 Å². The monoisotopic (exact) mass is 347 g/mol. The smallest absolute Gasteiger partial charge is 0.251 e. The zero-order valence-corrected chi connectivity index (χ0v) is 15.2. The Kier molecular flexibility index (Phi) is 7.88. The van der Waals surface area contributed by atoms with E-state index in [-0.39, 0.29) is 11.8 Å². The average Bonchev–Trinajstić information content (AvgIpc) is 2.66. The standard InChI is InChI=1S/C19H29N3O3/c1-3-17-15-22(12-11-21(17)13-14-25-2)18(23)9-10-20-19(24)16-7-5-4-6-8-16/h4-8,17H,3,9-15H2,1-2H3,(H,20,24)/t17-/m0/s1. The first-order valence-corrected chi connectivity index (χ1v) is 8.99. The molecule has 1 aliphatic heterocycles. The van der Waals surface area contributed by atoms with Crippen LogP contribution in [0.4, 0.5) is 0 Å². The molecule has 6 nitrogen and oxygen atoms in total. The van der Waals surface area contributed by atoms with Crippen LogP contribution in [0.5, 0.6) is 0 Å². The van der Waals surface area contributed by atoms with E-state index in [2.05, 4.69) is 17.1 Å². The largest absolute Gasteiger partial charge is 0.383 e. The average molecular weight is 347 g/mol. The summed E-state index contributed by atoms with van der Waals surface area (Å²) in [6, 6.07) is 9.44. The van der Waals surface area contributed by atoms with E-state index in [4.69, 9.17) is 4.74 Å². The lowest BCUT2D eigenvalue weighted by Gasteiger charge is -2.41. The van der Waals surface area contributed by atoms with E-state index in [0.29, 0.717) is 24.6 Å². The lowest BCUT2D eigenvalue weighted by atomic mass is 10.1. The van der Waals surface area contributed by atoms with Gasteiger partial charge in [0.2, 0.25) is 5.91 Å². The molecule has 1 aromatic carbocycles. The summed E-state index contributed by atoms with van der Waals surface area (Å²) in [6.45, 7) is 6.52. The Balaban J connectivity index is 1.75. The van der Waals surface area contributed by atoms with Gasteiger partial charge in [0.25, 0.3) is 5.91 Å². The van der Waals surface area contributed by atoms with Gasteiger partial charge in [-0.1, -0.05) is 25.1 Å². The Morgan fingerprint density at radius 1 is 1.24 bits per heavy atom. The van der Waals surface area contributed by atoms with Crippen molar-refractivity contribution >= 4 is 11.8 Å². The van der Waals surface area contributed by atoms with Crippen molar-refractivity contribution in [3.63, 3.8) is 0 Å². The van der Waals surface area contributed by atoms with Crippen molar-refractivity contribution in [2.24, 2.45) is 0 Å². The number of nitrogens with zero attached hydrogens (tertiary/aromatic N) is 2. The van der Waals surface area contributed by atoms with E-state index in [9.17, 15) is 9.59 Å². The number of ether oxygens (including phenoxy) is 1. The van der Waals surface area contributed by atoms with Crippen molar-refractivity contribution in [2.45, 2.75) is 25.8 Å². The molecule has 1 aromatic rings. The van der Waals surface area contributed by atoms with Gasteiger partial charge < -0.3 is 15.0 Å². The molecule has 2 rings (SSSR count). The van der Waals surface area contributed by atoms with Crippen LogP contribution < -0.4 is 5.32 Å². The number of piperazine rings is 1. The molecule has 1 fully saturated rings. The van der Waals surface area contributed by atoms with Crippen LogP contribution in [-0.2, 0) is 9.53 Å². The maximum atomic E-state index is 12.4. The molecule has 1 aliphatic rings. The molecule has 25 heavy (non-hydrogen) atoms. The van der Waals surface area contributed by atoms with Gasteiger partial charge in [-0.15, -0.1) is 0 Å². The minimum Gasteiger partial charge on any atom is -0.383 e. The summed E-state index contributed by atoms with van der Waals surface area (Å²) >= 11 is 0. The first kappa shape index (κ1) is 19.4. The van der Waals surface area contributed by atoms with Crippen LogP contribution in [-0.4, -0.2) is 74.1 Å². The zero-order valence-electron chi connectivity index (χ0n) is 15.2. The zero-order chi connectivity index (χ0) is 18.1. The van der Waals surface area contributed by atoms with Crippen molar-refractivity contribution in [3.8, 4) is 0 Å². The summed E-state index contributed by atoms with van der Waals surface area (Å²) in [5.74, 6) is -0.0255. The minimum absolute atomic E-state index is 0.109. The molecule has 6 heteroatoms. The van der Waals surface area contributed by atoms with Gasteiger partial charge in [0.15, 0.2) is 0 Å². The highest BCUT2D eigenvalue weighted by molar-refractivity contribution is 5.94. The highest BCUT2D eigenvalue weighted by atomic mass is 16.5. The molecule has 0 spiro atoms. The normalized spacial score (nSPS) is 18.2. The Bertz CT molecular complexity index is 550. The second kappa shape index (κ2) is 10.2. The number of rotatable bonds is 8. The van der Waals surface area contributed by atoms with Crippen LogP contribution in [0.2, 0.25) is 0 Å². The van der Waals surface area contributed by atoms with E-state index in [1.807, 2.05) is 23.1 Å². The molecule has 1 atom stereocenters. The van der Waals surface area contributed by atoms with Gasteiger partial charge in [-0.05, 0) is 18.6 Å². The summed E-state index contributed by atoms with van der Waals surface area (Å²) in [7, 11) is 1.71. The fourth-order valence-electron chi connectivity index (χ4n) is 3.14. The number of carbonyl (C=O) groups is 2. The second-order valence-electron chi connectivity index (χ2n) is 6.30. The van der Waals surface area contributed by atoms with E-state index < -0.39 is 0 Å². The summed E-state index contributed by atoms with van der Waals surface area (Å²) < 4.78 is 5.16. The third kappa shape index (κ3) is 5.83. The summed E-state index contributed by atoms with van der Waals surface area (Å²) in [5.41, 5.74) is 0.618. The predicted molar refractivity (Wildman–Crippen MR) is 97.5 cm³/mol. The maximum Gasteiger partial charge on any atom is 0.251 e. The van der Waals surface area contributed by atoms with Gasteiger partial charge >= 0.3 is 0 Å². The second-order valence-corrected chi connectivity index (χ2v) is 6.30. The third-order valence-electron chi connectivity index (χ3n) is 4.67. The molecule has 0 saturated carbocycles. The van der Waals surface area contributed by atoms with Crippen molar-refractivity contribution in [2.75, 3.05) is 46.4 Å². The van der Waals surface area contributed by atoms with Gasteiger partial charge in [0.05, 0.1) is 6.61 Å². The number of amides is 2. The fourth-order valence-corrected chi connectivity index (χ4v) is 3.14. The summed E-state index contributed by atoms with van der Waals surface area (Å²) in [6.07, 6.45) is 1.35. The fraction of sp³-hybridized carbons (Fsp3) is 0.579. The van der Waals surface area contributed by atoms with E-state index >= 15 is 0 Å². The quantitative estimate of drug-likeness (QED) is 0.772. The molecule has 0 aromatic heterocycles. The number of carbonyl (C=O) groups excluding carboxylic acids is 2. The predicted octanol–water partition coefficient (Wildman–Crippen LogP) is 1.38. The number of hydrogen-bond acceptors (Lipinski definition) is 4. The van der Waals surface area contributed by atoms with Gasteiger partial charge in [-0.2, -0.15) is 0 Å². The first-order chi connectivity index (χ1) is 12.2. The molecule has 0 bridgehead atoms. The van der Waals surface area contributed by atoms with Crippen molar-refractivity contribution in [1.29, 1.82) is 0 Å². The van der Waals surface area contributed by atoms with Crippen molar-refractivity contribution in [1.82, 2.24) is 15.1 Å². The van der Waals surface area contributed by atoms with Crippen LogP contribution in [0.3, 0.4) is 0 Å². The molecule has 1 N–H and O–H groups in total. The third-order valence-corrected chi connectivity index (χ3v) is 4.67. The molecule has 0 unspecified atom stereocenters. The van der Waals surface area contributed by atoms with Crippen LogP contribution >= 0.6 is 0 Å². The topological polar surface area (TPSA) is 61.9 Å². The first-order valence-electron chi connectivity index (χ1n) is 8.99. The van der Waals surface area contributed by atoms with Crippen LogP contribution in [0, 0.1) is 0 Å². The van der Waals surface area contributed by atoms with Gasteiger partial charge in [0.1, 0.15) is 0 Å². The number of methoxy groups -OCH3 is 1. The number of hydrogen-bond donors (Lipinski definition) is 1. The SMILES string of the molecule is CC[C@H]1CN(C(=O)CCNC(=O)c2ccccc2)CCN1CCOC. The van der Waals surface area contributed by atoms with Crippen LogP contribution in [0.1, 0.15) is 30.1 Å². The van der Waals surface area contributed by atoms with Crippen LogP contribution in [0.15, 0.2) is 30.3 Å². The minimum atomic E-state index is -0.135. The maximum absolute atomic E-state index is 12.4. The van der Waals surface area contributed by atoms with Gasteiger partial charge in [-0.25, -0.2) is 0 Å². The summed E-state index contributed by atoms with van der Waals surface area (Å²) in [5, 5.41) is 2.82. The molecule has 1 saturated heterocycles. The summed E-state index contributed by atoms with van der Waals surface area (Å²) in [4.78, 5) is 28.7. The number of benzene rings is 1. The van der Waals surface area contributed by atoms with Crippen LogP contribution in [0.25, 0.3) is 0 Å². The van der Waals surface area contributed by atoms with Gasteiger partial charge in [0, 0.05) is 57.9 Å². The Labute approximate surface area is 150 Å². The van der Waals surface area contributed by atoms with E-state index in [1.54, 1.807) is 19.2 Å².